The summed E-state index contributed by atoms with van der Waals surface area (Å²) in [5.74, 6) is -1.08. The average molecular weight is 222 g/mol. The lowest BCUT2D eigenvalue weighted by Crippen LogP contribution is -2.50. The van der Waals surface area contributed by atoms with E-state index in [4.69, 9.17) is 14.6 Å². The number of aliphatic carboxylic acids is 1. The molecule has 2 heterocycles. The molecular formula is C7H10O4S2. The van der Waals surface area contributed by atoms with Crippen LogP contribution in [0.25, 0.3) is 0 Å². The predicted octanol–water partition coefficient (Wildman–Crippen LogP) is 0.620. The van der Waals surface area contributed by atoms with Crippen LogP contribution >= 0.6 is 23.5 Å². The molecule has 1 atom stereocenters. The molecule has 0 aromatic rings. The maximum atomic E-state index is 10.9. The maximum Gasteiger partial charge on any atom is 0.322 e. The first-order valence-corrected chi connectivity index (χ1v) is 6.15. The summed E-state index contributed by atoms with van der Waals surface area (Å²) in [5, 5.41) is 9.20. The van der Waals surface area contributed by atoms with Crippen molar-refractivity contribution >= 4 is 29.5 Å². The third-order valence-corrected chi connectivity index (χ3v) is 4.73. The Balaban J connectivity index is 2.16. The van der Waals surface area contributed by atoms with Gasteiger partial charge in [0.05, 0.1) is 19.0 Å². The van der Waals surface area contributed by atoms with Crippen LogP contribution in [0.4, 0.5) is 0 Å². The first kappa shape index (κ1) is 9.64. The topological polar surface area (TPSA) is 55.8 Å². The average Bonchev–Trinajstić information content (AvgIpc) is 2.54. The molecule has 4 nitrogen and oxygen atoms in total. The second-order valence-corrected chi connectivity index (χ2v) is 5.30. The molecule has 6 heteroatoms. The first-order valence-electron chi connectivity index (χ1n) is 3.95. The highest BCUT2D eigenvalue weighted by Gasteiger charge is 2.50. The minimum atomic E-state index is -0.862. The van der Waals surface area contributed by atoms with Crippen LogP contribution in [0.2, 0.25) is 0 Å². The van der Waals surface area contributed by atoms with Crippen molar-refractivity contribution in [3.63, 3.8) is 0 Å². The van der Waals surface area contributed by atoms with Gasteiger partial charge in [0.15, 0.2) is 11.0 Å². The number of hydrogen-bond donors (Lipinski definition) is 1. The van der Waals surface area contributed by atoms with E-state index in [2.05, 4.69) is 0 Å². The molecule has 0 saturated carbocycles. The number of carbonyl (C=O) groups is 1. The van der Waals surface area contributed by atoms with Crippen LogP contribution < -0.4 is 0 Å². The monoisotopic (exact) mass is 222 g/mol. The largest absolute Gasteiger partial charge is 0.480 e. The molecule has 0 amide bonds. The van der Waals surface area contributed by atoms with Crippen molar-refractivity contribution in [2.75, 3.05) is 24.1 Å². The van der Waals surface area contributed by atoms with Gasteiger partial charge in [-0.15, -0.1) is 23.5 Å². The molecule has 2 rings (SSSR count). The van der Waals surface area contributed by atoms with Gasteiger partial charge in [0.25, 0.3) is 0 Å². The molecule has 0 aromatic carbocycles. The van der Waals surface area contributed by atoms with E-state index in [0.29, 0.717) is 19.0 Å². The Bertz CT molecular complexity index is 215. The van der Waals surface area contributed by atoms with Gasteiger partial charge in [-0.05, 0) is 0 Å². The summed E-state index contributed by atoms with van der Waals surface area (Å²) in [6, 6.07) is 0. The Morgan fingerprint density at radius 2 is 2.15 bits per heavy atom. The molecule has 1 N–H and O–H groups in total. The normalized spacial score (nSPS) is 32.2. The summed E-state index contributed by atoms with van der Waals surface area (Å²) in [6.07, 6.45) is 0. The fourth-order valence-electron chi connectivity index (χ4n) is 1.47. The number of thioether (sulfide) groups is 2. The van der Waals surface area contributed by atoms with Gasteiger partial charge in [0.1, 0.15) is 0 Å². The van der Waals surface area contributed by atoms with Crippen molar-refractivity contribution in [2.45, 2.75) is 11.0 Å². The third-order valence-electron chi connectivity index (χ3n) is 2.02. The van der Waals surface area contributed by atoms with Gasteiger partial charge in [0.2, 0.25) is 0 Å². The smallest absolute Gasteiger partial charge is 0.322 e. The maximum absolute atomic E-state index is 10.9. The SMILES string of the molecule is O=C(O)C1SCSCC12OCCO2. The Labute approximate surface area is 84.3 Å². The lowest BCUT2D eigenvalue weighted by Gasteiger charge is -2.35. The highest BCUT2D eigenvalue weighted by Crippen LogP contribution is 2.41. The van der Waals surface area contributed by atoms with Gasteiger partial charge >= 0.3 is 5.97 Å². The molecule has 0 radical (unpaired) electrons. The van der Waals surface area contributed by atoms with Crippen LogP contribution in [0.15, 0.2) is 0 Å². The Kier molecular flexibility index (Phi) is 2.73. The summed E-state index contributed by atoms with van der Waals surface area (Å²) in [7, 11) is 0. The van der Waals surface area contributed by atoms with E-state index < -0.39 is 17.0 Å². The molecule has 0 bridgehead atoms. The molecule has 0 aromatic heterocycles. The van der Waals surface area contributed by atoms with Crippen molar-refractivity contribution in [1.29, 1.82) is 0 Å². The van der Waals surface area contributed by atoms with Crippen molar-refractivity contribution < 1.29 is 19.4 Å². The summed E-state index contributed by atoms with van der Waals surface area (Å²) in [5.41, 5.74) is 0. The first-order chi connectivity index (χ1) is 6.25. The molecule has 13 heavy (non-hydrogen) atoms. The van der Waals surface area contributed by atoms with Gasteiger partial charge < -0.3 is 14.6 Å². The van der Waals surface area contributed by atoms with E-state index in [-0.39, 0.29) is 0 Å². The molecule has 74 valence electrons. The van der Waals surface area contributed by atoms with Crippen LogP contribution in [-0.2, 0) is 14.3 Å². The van der Waals surface area contributed by atoms with Gasteiger partial charge in [-0.2, -0.15) is 0 Å². The van der Waals surface area contributed by atoms with E-state index in [1.54, 1.807) is 11.8 Å². The summed E-state index contributed by atoms with van der Waals surface area (Å²) in [4.78, 5) is 10.9. The summed E-state index contributed by atoms with van der Waals surface area (Å²) < 4.78 is 10.8. The van der Waals surface area contributed by atoms with Crippen LogP contribution in [0, 0.1) is 0 Å². The van der Waals surface area contributed by atoms with Crippen molar-refractivity contribution in [1.82, 2.24) is 0 Å². The Morgan fingerprint density at radius 3 is 2.77 bits per heavy atom. The van der Waals surface area contributed by atoms with Crippen molar-refractivity contribution in [3.05, 3.63) is 0 Å². The minimum Gasteiger partial charge on any atom is -0.480 e. The highest BCUT2D eigenvalue weighted by molar-refractivity contribution is 8.17. The third kappa shape index (κ3) is 1.68. The zero-order valence-electron chi connectivity index (χ0n) is 6.89. The van der Waals surface area contributed by atoms with Crippen LogP contribution in [0.5, 0.6) is 0 Å². The molecule has 2 fully saturated rings. The molecule has 1 unspecified atom stereocenters. The van der Waals surface area contributed by atoms with E-state index in [1.165, 1.54) is 11.8 Å². The number of hydrogen-bond acceptors (Lipinski definition) is 5. The van der Waals surface area contributed by atoms with Crippen molar-refractivity contribution in [3.8, 4) is 0 Å². The lowest BCUT2D eigenvalue weighted by atomic mass is 10.2. The van der Waals surface area contributed by atoms with Crippen molar-refractivity contribution in [2.24, 2.45) is 0 Å². The van der Waals surface area contributed by atoms with E-state index in [1.807, 2.05) is 0 Å². The zero-order chi connectivity index (χ0) is 9.31. The van der Waals surface area contributed by atoms with Gasteiger partial charge in [-0.1, -0.05) is 0 Å². The zero-order valence-corrected chi connectivity index (χ0v) is 8.53. The second-order valence-electron chi connectivity index (χ2n) is 2.86. The standard InChI is InChI=1S/C7H10O4S2/c8-6(9)5-7(3-12-4-13-5)10-1-2-11-7/h5H,1-4H2,(H,8,9). The number of carboxylic acid groups (broad SMARTS) is 1. The highest BCUT2D eigenvalue weighted by atomic mass is 32.2. The van der Waals surface area contributed by atoms with Gasteiger partial charge in [-0.3, -0.25) is 4.79 Å². The van der Waals surface area contributed by atoms with Crippen LogP contribution in [0.3, 0.4) is 0 Å². The number of carboxylic acids is 1. The summed E-state index contributed by atoms with van der Waals surface area (Å²) >= 11 is 3.04. The fourth-order valence-corrected chi connectivity index (χ4v) is 4.07. The quantitative estimate of drug-likeness (QED) is 0.702. The van der Waals surface area contributed by atoms with E-state index >= 15 is 0 Å². The Morgan fingerprint density at radius 1 is 1.46 bits per heavy atom. The van der Waals surface area contributed by atoms with Crippen LogP contribution in [-0.4, -0.2) is 46.2 Å². The molecular weight excluding hydrogens is 212 g/mol. The molecule has 2 saturated heterocycles. The number of ether oxygens (including phenoxy) is 2. The molecule has 1 spiro atoms. The predicted molar refractivity (Wildman–Crippen MR) is 51.0 cm³/mol. The molecule has 2 aliphatic rings. The lowest BCUT2D eigenvalue weighted by molar-refractivity contribution is -0.165. The van der Waals surface area contributed by atoms with Gasteiger partial charge in [0, 0.05) is 5.08 Å². The molecule has 2 aliphatic heterocycles. The fraction of sp³-hybridized carbons (Fsp3) is 0.857. The minimum absolute atomic E-state index is 0.505. The Hall–Kier alpha value is 0.0900. The van der Waals surface area contributed by atoms with Crippen LogP contribution in [0.1, 0.15) is 0 Å². The molecule has 0 aliphatic carbocycles. The van der Waals surface area contributed by atoms with Gasteiger partial charge in [-0.25, -0.2) is 0 Å². The van der Waals surface area contributed by atoms with E-state index in [0.717, 1.165) is 5.08 Å². The van der Waals surface area contributed by atoms with E-state index in [9.17, 15) is 4.79 Å². The second kappa shape index (κ2) is 3.68. The number of rotatable bonds is 1. The summed E-state index contributed by atoms with van der Waals surface area (Å²) in [6.45, 7) is 1.01.